The largest absolute Gasteiger partial charge is 0.392 e. The topological polar surface area (TPSA) is 61.3 Å². The molecule has 2 N–H and O–H groups in total. The third-order valence-electron chi connectivity index (χ3n) is 2.68. The fourth-order valence-corrected chi connectivity index (χ4v) is 2.01. The summed E-state index contributed by atoms with van der Waals surface area (Å²) in [6.45, 7) is 9.46. The number of likely N-dealkylation sites (N-methyl/N-ethyl adjacent to an activating group) is 1. The van der Waals surface area contributed by atoms with E-state index in [-0.39, 0.29) is 6.10 Å². The SMILES string of the molecule is CCNc1ncnc(N(C)CC(C)O)c1C(C)C. The zero-order chi connectivity index (χ0) is 13.7. The molecule has 1 unspecified atom stereocenters. The zero-order valence-electron chi connectivity index (χ0n) is 11.9. The summed E-state index contributed by atoms with van der Waals surface area (Å²) in [6, 6.07) is 0. The van der Waals surface area contributed by atoms with Crippen molar-refractivity contribution in [2.75, 3.05) is 30.4 Å². The van der Waals surface area contributed by atoms with Crippen LogP contribution >= 0.6 is 0 Å². The van der Waals surface area contributed by atoms with Crippen LogP contribution in [-0.2, 0) is 0 Å². The summed E-state index contributed by atoms with van der Waals surface area (Å²) in [6.07, 6.45) is 1.19. The van der Waals surface area contributed by atoms with Gasteiger partial charge in [0.25, 0.3) is 0 Å². The van der Waals surface area contributed by atoms with Crippen molar-refractivity contribution in [3.63, 3.8) is 0 Å². The van der Waals surface area contributed by atoms with Gasteiger partial charge in [0.1, 0.15) is 18.0 Å². The molecule has 0 fully saturated rings. The van der Waals surface area contributed by atoms with Crippen molar-refractivity contribution in [2.24, 2.45) is 0 Å². The molecule has 0 aliphatic rings. The number of aliphatic hydroxyl groups excluding tert-OH is 1. The number of anilines is 2. The van der Waals surface area contributed by atoms with E-state index in [1.807, 2.05) is 18.9 Å². The van der Waals surface area contributed by atoms with E-state index >= 15 is 0 Å². The lowest BCUT2D eigenvalue weighted by atomic mass is 10.0. The summed E-state index contributed by atoms with van der Waals surface area (Å²) >= 11 is 0. The monoisotopic (exact) mass is 252 g/mol. The van der Waals surface area contributed by atoms with Crippen LogP contribution in [0.15, 0.2) is 6.33 Å². The van der Waals surface area contributed by atoms with Crippen molar-refractivity contribution in [1.29, 1.82) is 0 Å². The lowest BCUT2D eigenvalue weighted by Crippen LogP contribution is -2.29. The lowest BCUT2D eigenvalue weighted by molar-refractivity contribution is 0.201. The van der Waals surface area contributed by atoms with Crippen LogP contribution in [0.4, 0.5) is 11.6 Å². The highest BCUT2D eigenvalue weighted by Gasteiger charge is 2.18. The number of aromatic nitrogens is 2. The van der Waals surface area contributed by atoms with Crippen molar-refractivity contribution in [3.05, 3.63) is 11.9 Å². The van der Waals surface area contributed by atoms with Gasteiger partial charge in [0.2, 0.25) is 0 Å². The van der Waals surface area contributed by atoms with Gasteiger partial charge >= 0.3 is 0 Å². The first kappa shape index (κ1) is 14.7. The van der Waals surface area contributed by atoms with E-state index in [0.29, 0.717) is 12.5 Å². The summed E-state index contributed by atoms with van der Waals surface area (Å²) in [7, 11) is 1.94. The summed E-state index contributed by atoms with van der Waals surface area (Å²) in [5, 5.41) is 12.8. The minimum Gasteiger partial charge on any atom is -0.392 e. The molecule has 0 radical (unpaired) electrons. The maximum absolute atomic E-state index is 9.49. The molecule has 5 heteroatoms. The van der Waals surface area contributed by atoms with Crippen LogP contribution in [0.1, 0.15) is 39.2 Å². The van der Waals surface area contributed by atoms with Crippen LogP contribution in [0.25, 0.3) is 0 Å². The Hall–Kier alpha value is -1.36. The molecule has 0 spiro atoms. The second-order valence-corrected chi connectivity index (χ2v) is 4.87. The third-order valence-corrected chi connectivity index (χ3v) is 2.68. The van der Waals surface area contributed by atoms with Gasteiger partial charge in [-0.05, 0) is 19.8 Å². The Balaban J connectivity index is 3.13. The van der Waals surface area contributed by atoms with Gasteiger partial charge in [-0.25, -0.2) is 9.97 Å². The number of hydrogen-bond acceptors (Lipinski definition) is 5. The molecule has 0 amide bonds. The quantitative estimate of drug-likeness (QED) is 0.809. The van der Waals surface area contributed by atoms with E-state index in [4.69, 9.17) is 0 Å². The highest BCUT2D eigenvalue weighted by molar-refractivity contribution is 5.60. The molecule has 0 saturated heterocycles. The molecular formula is C13H24N4O. The molecule has 1 atom stereocenters. The first-order chi connectivity index (χ1) is 8.47. The van der Waals surface area contributed by atoms with Crippen molar-refractivity contribution in [2.45, 2.75) is 39.7 Å². The minimum atomic E-state index is -0.382. The Morgan fingerprint density at radius 3 is 2.50 bits per heavy atom. The number of rotatable bonds is 6. The number of nitrogens with one attached hydrogen (secondary N) is 1. The van der Waals surface area contributed by atoms with E-state index in [1.54, 1.807) is 13.3 Å². The fourth-order valence-electron chi connectivity index (χ4n) is 2.01. The Kier molecular flexibility index (Phi) is 5.34. The normalized spacial score (nSPS) is 12.6. The zero-order valence-corrected chi connectivity index (χ0v) is 11.9. The van der Waals surface area contributed by atoms with Crippen molar-refractivity contribution in [3.8, 4) is 0 Å². The lowest BCUT2D eigenvalue weighted by Gasteiger charge is -2.25. The predicted octanol–water partition coefficient (Wildman–Crippen LogP) is 1.85. The van der Waals surface area contributed by atoms with Crippen LogP contribution < -0.4 is 10.2 Å². The summed E-state index contributed by atoms with van der Waals surface area (Å²) in [4.78, 5) is 10.6. The molecule has 0 aliphatic carbocycles. The molecule has 1 aromatic heterocycles. The van der Waals surface area contributed by atoms with Gasteiger partial charge in [-0.1, -0.05) is 13.8 Å². The second-order valence-electron chi connectivity index (χ2n) is 4.87. The van der Waals surface area contributed by atoms with Crippen LogP contribution in [0.2, 0.25) is 0 Å². The Morgan fingerprint density at radius 2 is 2.00 bits per heavy atom. The Labute approximate surface area is 109 Å². The molecular weight excluding hydrogens is 228 g/mol. The van der Waals surface area contributed by atoms with Gasteiger partial charge in [-0.15, -0.1) is 0 Å². The standard InChI is InChI=1S/C13H24N4O/c1-6-14-12-11(9(2)3)13(16-8-15-12)17(5)7-10(4)18/h8-10,18H,6-7H2,1-5H3,(H,14,15,16). The molecule has 0 bridgehead atoms. The molecule has 18 heavy (non-hydrogen) atoms. The number of nitrogens with zero attached hydrogens (tertiary/aromatic N) is 3. The number of aliphatic hydroxyl groups is 1. The molecule has 5 nitrogen and oxygen atoms in total. The highest BCUT2D eigenvalue weighted by Crippen LogP contribution is 2.30. The smallest absolute Gasteiger partial charge is 0.137 e. The Morgan fingerprint density at radius 1 is 1.33 bits per heavy atom. The van der Waals surface area contributed by atoms with Gasteiger partial charge in [0.05, 0.1) is 6.10 Å². The molecule has 1 rings (SSSR count). The van der Waals surface area contributed by atoms with Gasteiger partial charge in [-0.3, -0.25) is 0 Å². The predicted molar refractivity (Wildman–Crippen MR) is 75.2 cm³/mol. The van der Waals surface area contributed by atoms with E-state index in [0.717, 1.165) is 23.7 Å². The average Bonchev–Trinajstić information content (AvgIpc) is 2.27. The average molecular weight is 252 g/mol. The van der Waals surface area contributed by atoms with E-state index in [2.05, 4.69) is 29.1 Å². The van der Waals surface area contributed by atoms with Crippen LogP contribution in [0.5, 0.6) is 0 Å². The van der Waals surface area contributed by atoms with Gasteiger partial charge in [0, 0.05) is 25.7 Å². The van der Waals surface area contributed by atoms with E-state index in [9.17, 15) is 5.11 Å². The maximum Gasteiger partial charge on any atom is 0.137 e. The maximum atomic E-state index is 9.49. The summed E-state index contributed by atoms with van der Waals surface area (Å²) < 4.78 is 0. The molecule has 0 saturated carbocycles. The molecule has 1 aromatic rings. The summed E-state index contributed by atoms with van der Waals surface area (Å²) in [5.74, 6) is 2.10. The van der Waals surface area contributed by atoms with Gasteiger partial charge in [0.15, 0.2) is 0 Å². The number of hydrogen-bond donors (Lipinski definition) is 2. The van der Waals surface area contributed by atoms with Gasteiger partial charge in [-0.2, -0.15) is 0 Å². The molecule has 1 heterocycles. The molecule has 102 valence electrons. The van der Waals surface area contributed by atoms with Gasteiger partial charge < -0.3 is 15.3 Å². The molecule has 0 aliphatic heterocycles. The van der Waals surface area contributed by atoms with Crippen molar-refractivity contribution in [1.82, 2.24) is 9.97 Å². The van der Waals surface area contributed by atoms with E-state index < -0.39 is 0 Å². The minimum absolute atomic E-state index is 0.326. The van der Waals surface area contributed by atoms with Crippen molar-refractivity contribution >= 4 is 11.6 Å². The van der Waals surface area contributed by atoms with E-state index in [1.165, 1.54) is 0 Å². The third kappa shape index (κ3) is 3.57. The van der Waals surface area contributed by atoms with Crippen LogP contribution in [0, 0.1) is 0 Å². The van der Waals surface area contributed by atoms with Crippen LogP contribution in [0.3, 0.4) is 0 Å². The molecule has 0 aromatic carbocycles. The fraction of sp³-hybridized carbons (Fsp3) is 0.692. The first-order valence-corrected chi connectivity index (χ1v) is 6.45. The highest BCUT2D eigenvalue weighted by atomic mass is 16.3. The van der Waals surface area contributed by atoms with Crippen molar-refractivity contribution < 1.29 is 5.11 Å². The first-order valence-electron chi connectivity index (χ1n) is 6.45. The summed E-state index contributed by atoms with van der Waals surface area (Å²) in [5.41, 5.74) is 1.10. The second kappa shape index (κ2) is 6.54. The van der Waals surface area contributed by atoms with Crippen LogP contribution in [-0.4, -0.2) is 41.3 Å². The Bertz CT molecular complexity index is 379.